The molecule has 5 aliphatic rings. The fraction of sp³-hybridized carbons (Fsp3) is 0.867. The van der Waals surface area contributed by atoms with Crippen LogP contribution in [0.3, 0.4) is 0 Å². The van der Waals surface area contributed by atoms with E-state index in [4.69, 9.17) is 0 Å². The van der Waals surface area contributed by atoms with Gasteiger partial charge in [0.05, 0.1) is 0 Å². The maximum Gasteiger partial charge on any atom is 0.145 e. The van der Waals surface area contributed by atoms with E-state index in [2.05, 4.69) is 41.2 Å². The second-order valence-electron chi connectivity index (χ2n) is 14.2. The number of allylic oxidation sites excluding steroid dienone is 1. The molecule has 184 valence electrons. The van der Waals surface area contributed by atoms with Crippen LogP contribution >= 0.6 is 0 Å². The van der Waals surface area contributed by atoms with Crippen LogP contribution in [-0.4, -0.2) is 23.8 Å². The van der Waals surface area contributed by atoms with Crippen molar-refractivity contribution in [3.8, 4) is 0 Å². The lowest BCUT2D eigenvalue weighted by Gasteiger charge is -2.72. The highest BCUT2D eigenvalue weighted by atomic mass is 16.3. The Hall–Kier alpha value is -0.960. The molecule has 0 heterocycles. The van der Waals surface area contributed by atoms with Gasteiger partial charge in [0.15, 0.2) is 0 Å². The van der Waals surface area contributed by atoms with E-state index in [0.717, 1.165) is 50.4 Å². The van der Waals surface area contributed by atoms with Gasteiger partial charge in [0, 0.05) is 18.4 Å². The number of carbonyl (C=O) groups is 2. The molecule has 1 N–H and O–H groups in total. The number of hydrogen-bond donors (Lipinski definition) is 1. The number of ketones is 1. The van der Waals surface area contributed by atoms with Gasteiger partial charge in [-0.1, -0.05) is 41.2 Å². The molecule has 0 aromatic carbocycles. The molecule has 5 fully saturated rings. The summed E-state index contributed by atoms with van der Waals surface area (Å²) in [5.74, 6) is 2.76. The van der Waals surface area contributed by atoms with Gasteiger partial charge in [-0.05, 0) is 115 Å². The summed E-state index contributed by atoms with van der Waals surface area (Å²) in [7, 11) is 0. The molecular weight excluding hydrogens is 408 g/mol. The molecule has 3 heteroatoms. The van der Waals surface area contributed by atoms with E-state index in [9.17, 15) is 14.7 Å². The van der Waals surface area contributed by atoms with E-state index in [1.54, 1.807) is 0 Å². The molecule has 9 atom stereocenters. The number of aliphatic hydroxyl groups is 1. The van der Waals surface area contributed by atoms with E-state index < -0.39 is 0 Å². The van der Waals surface area contributed by atoms with Gasteiger partial charge >= 0.3 is 0 Å². The van der Waals surface area contributed by atoms with Crippen LogP contribution in [0.4, 0.5) is 0 Å². The van der Waals surface area contributed by atoms with Crippen molar-refractivity contribution >= 4 is 12.1 Å². The van der Waals surface area contributed by atoms with E-state index in [0.29, 0.717) is 29.5 Å². The molecule has 3 nitrogen and oxygen atoms in total. The third-order valence-electron chi connectivity index (χ3n) is 13.3. The number of rotatable bonds is 3. The van der Waals surface area contributed by atoms with Crippen LogP contribution in [0.2, 0.25) is 0 Å². The quantitative estimate of drug-likeness (QED) is 0.397. The van der Waals surface area contributed by atoms with Gasteiger partial charge in [-0.15, -0.1) is 0 Å². The maximum absolute atomic E-state index is 12.9. The minimum Gasteiger partial charge on any atom is -0.396 e. The molecule has 0 saturated heterocycles. The van der Waals surface area contributed by atoms with Gasteiger partial charge in [-0.25, -0.2) is 0 Å². The fourth-order valence-electron chi connectivity index (χ4n) is 11.3. The minimum absolute atomic E-state index is 0.0235. The van der Waals surface area contributed by atoms with Gasteiger partial charge in [0.1, 0.15) is 12.1 Å². The van der Waals surface area contributed by atoms with Crippen molar-refractivity contribution in [1.29, 1.82) is 0 Å². The molecule has 0 amide bonds. The topological polar surface area (TPSA) is 54.4 Å². The number of hydrogen-bond acceptors (Lipinski definition) is 3. The van der Waals surface area contributed by atoms with Gasteiger partial charge in [0.25, 0.3) is 0 Å². The third-order valence-corrected chi connectivity index (χ3v) is 13.3. The molecule has 0 aliphatic heterocycles. The zero-order chi connectivity index (χ0) is 24.0. The molecular formula is C30H46O3. The molecule has 0 aromatic rings. The van der Waals surface area contributed by atoms with Crippen LogP contribution in [-0.2, 0) is 9.59 Å². The highest BCUT2D eigenvalue weighted by Gasteiger charge is 2.70. The van der Waals surface area contributed by atoms with E-state index >= 15 is 0 Å². The Labute approximate surface area is 201 Å². The number of carbonyl (C=O) groups excluding carboxylic acids is 2. The summed E-state index contributed by atoms with van der Waals surface area (Å²) in [4.78, 5) is 24.7. The molecule has 5 rings (SSSR count). The summed E-state index contributed by atoms with van der Waals surface area (Å²) in [6, 6.07) is 0. The highest BCUT2D eigenvalue weighted by Crippen LogP contribution is 2.77. The van der Waals surface area contributed by atoms with Gasteiger partial charge in [-0.3, -0.25) is 9.59 Å². The summed E-state index contributed by atoms with van der Waals surface area (Å²) in [6.07, 6.45) is 11.9. The van der Waals surface area contributed by atoms with Crippen LogP contribution in [0.15, 0.2) is 12.2 Å². The smallest absolute Gasteiger partial charge is 0.145 e. The molecule has 5 aliphatic carbocycles. The van der Waals surface area contributed by atoms with Gasteiger partial charge < -0.3 is 5.11 Å². The lowest BCUT2D eigenvalue weighted by molar-refractivity contribution is -0.236. The molecule has 33 heavy (non-hydrogen) atoms. The summed E-state index contributed by atoms with van der Waals surface area (Å²) in [5.41, 5.74) is 1.22. The van der Waals surface area contributed by atoms with Crippen LogP contribution < -0.4 is 0 Å². The normalized spacial score (nSPS) is 52.8. The Balaban J connectivity index is 1.56. The standard InChI is InChI=1S/C30H46O3/c1-19(17-31)20-9-14-30(18-32)16-15-28(5)21(25(20)30)7-8-23-27(4)12-11-24(33)26(2,3)22(27)10-13-29(23,28)6/h17,20-23,25,32H,1,7-16,18H2,2-6H3/t20-,21+,22-,23+,25+,27-,28+,29+,30+/m0/s1. The van der Waals surface area contributed by atoms with Crippen molar-refractivity contribution in [2.45, 2.75) is 98.8 Å². The Morgan fingerprint density at radius 2 is 1.67 bits per heavy atom. The zero-order valence-electron chi connectivity index (χ0n) is 21.7. The van der Waals surface area contributed by atoms with Crippen LogP contribution in [0.5, 0.6) is 0 Å². The van der Waals surface area contributed by atoms with Crippen LogP contribution in [0.1, 0.15) is 98.8 Å². The van der Waals surface area contributed by atoms with Crippen LogP contribution in [0.25, 0.3) is 0 Å². The van der Waals surface area contributed by atoms with Crippen molar-refractivity contribution in [3.05, 3.63) is 12.2 Å². The largest absolute Gasteiger partial charge is 0.396 e. The van der Waals surface area contributed by atoms with Crippen molar-refractivity contribution in [1.82, 2.24) is 0 Å². The minimum atomic E-state index is -0.205. The first kappa shape index (κ1) is 23.8. The summed E-state index contributed by atoms with van der Waals surface area (Å²) in [6.45, 7) is 16.6. The Morgan fingerprint density at radius 1 is 0.939 bits per heavy atom. The number of fused-ring (bicyclic) bond motifs is 7. The van der Waals surface area contributed by atoms with Crippen molar-refractivity contribution < 1.29 is 14.7 Å². The molecule has 0 spiro atoms. The third kappa shape index (κ3) is 2.78. The van der Waals surface area contributed by atoms with Gasteiger partial charge in [0.2, 0.25) is 0 Å². The molecule has 0 radical (unpaired) electrons. The second kappa shape index (κ2) is 7.28. The first-order valence-corrected chi connectivity index (χ1v) is 13.7. The Morgan fingerprint density at radius 3 is 2.33 bits per heavy atom. The molecule has 0 bridgehead atoms. The highest BCUT2D eigenvalue weighted by molar-refractivity contribution is 5.85. The Bertz CT molecular complexity index is 874. The van der Waals surface area contributed by atoms with E-state index in [1.165, 1.54) is 25.7 Å². The fourth-order valence-corrected chi connectivity index (χ4v) is 11.3. The predicted molar refractivity (Wildman–Crippen MR) is 131 cm³/mol. The summed E-state index contributed by atoms with van der Waals surface area (Å²) < 4.78 is 0. The monoisotopic (exact) mass is 454 g/mol. The van der Waals surface area contributed by atoms with Crippen molar-refractivity contribution in [2.24, 2.45) is 56.7 Å². The number of aldehydes is 1. The number of aliphatic hydroxyl groups excluding tert-OH is 1. The number of Topliss-reactive ketones (excluding diaryl/α,β-unsaturated/α-hetero) is 1. The van der Waals surface area contributed by atoms with E-state index in [1.807, 2.05) is 0 Å². The first-order chi connectivity index (χ1) is 15.4. The predicted octanol–water partition coefficient (Wildman–Crippen LogP) is 6.38. The summed E-state index contributed by atoms with van der Waals surface area (Å²) in [5, 5.41) is 10.6. The molecule has 0 unspecified atom stereocenters. The van der Waals surface area contributed by atoms with Crippen molar-refractivity contribution in [3.63, 3.8) is 0 Å². The van der Waals surface area contributed by atoms with Gasteiger partial charge in [-0.2, -0.15) is 0 Å². The molecule has 0 aromatic heterocycles. The first-order valence-electron chi connectivity index (χ1n) is 13.7. The van der Waals surface area contributed by atoms with E-state index in [-0.39, 0.29) is 39.6 Å². The zero-order valence-corrected chi connectivity index (χ0v) is 21.7. The average Bonchev–Trinajstić information content (AvgIpc) is 3.17. The van der Waals surface area contributed by atoms with Crippen LogP contribution in [0, 0.1) is 56.7 Å². The maximum atomic E-state index is 12.9. The molecule has 5 saturated carbocycles. The average molecular weight is 455 g/mol. The lowest BCUT2D eigenvalue weighted by Crippen LogP contribution is -2.66. The second-order valence-corrected chi connectivity index (χ2v) is 14.2. The lowest BCUT2D eigenvalue weighted by atomic mass is 9.32. The summed E-state index contributed by atoms with van der Waals surface area (Å²) >= 11 is 0. The van der Waals surface area contributed by atoms with Crippen molar-refractivity contribution in [2.75, 3.05) is 6.61 Å². The SMILES string of the molecule is C=C(C=O)[C@@H]1CC[C@]2(CO)CC[C@]3(C)[C@H](CC[C@@H]4[C@@]5(C)CCC(=O)C(C)(C)[C@@H]5CC[C@]43C)[C@@H]12. The Kier molecular flexibility index (Phi) is 5.24.